The van der Waals surface area contributed by atoms with Crippen molar-refractivity contribution in [1.82, 2.24) is 0 Å². The monoisotopic (exact) mass is 214 g/mol. The number of rotatable bonds is 5. The van der Waals surface area contributed by atoms with E-state index in [9.17, 15) is 0 Å². The van der Waals surface area contributed by atoms with Crippen LogP contribution in [0.1, 0.15) is 6.92 Å². The van der Waals surface area contributed by atoms with Gasteiger partial charge in [-0.1, -0.05) is 6.92 Å². The Bertz CT molecular complexity index is 258. The molecule has 0 radical (unpaired) electrons. The molecule has 1 unspecified atom stereocenters. The van der Waals surface area contributed by atoms with Crippen molar-refractivity contribution in [1.29, 1.82) is 0 Å². The maximum Gasteiger partial charge on any atom is 0.119 e. The Morgan fingerprint density at radius 2 is 1.79 bits per heavy atom. The Morgan fingerprint density at radius 1 is 1.21 bits per heavy atom. The molecule has 0 aliphatic heterocycles. The molecule has 0 aliphatic rings. The first-order chi connectivity index (χ1) is 6.76. The smallest absolute Gasteiger partial charge is 0.119 e. The van der Waals surface area contributed by atoms with Crippen LogP contribution in [0.3, 0.4) is 0 Å². The van der Waals surface area contributed by atoms with Gasteiger partial charge in [0, 0.05) is 11.8 Å². The minimum absolute atomic E-state index is 0.374. The second kappa shape index (κ2) is 5.76. The molecule has 0 heterocycles. The maximum atomic E-state index is 5.67. The average molecular weight is 215 g/mol. The van der Waals surface area contributed by atoms with Gasteiger partial charge >= 0.3 is 0 Å². The standard InChI is InChI=1S/C11H15ClO2/c1-9(7-12)8-14-11-5-3-10(13-2)4-6-11/h3-6,9H,7-8H2,1-2H3. The molecule has 1 aromatic carbocycles. The van der Waals surface area contributed by atoms with Crippen LogP contribution < -0.4 is 9.47 Å². The van der Waals surface area contributed by atoms with Gasteiger partial charge in [-0.15, -0.1) is 11.6 Å². The maximum absolute atomic E-state index is 5.67. The largest absolute Gasteiger partial charge is 0.497 e. The zero-order chi connectivity index (χ0) is 10.4. The first-order valence-electron chi connectivity index (χ1n) is 4.59. The van der Waals surface area contributed by atoms with Crippen molar-refractivity contribution in [3.05, 3.63) is 24.3 Å². The number of alkyl halides is 1. The zero-order valence-corrected chi connectivity index (χ0v) is 9.25. The third-order valence-electron chi connectivity index (χ3n) is 1.86. The molecule has 0 fully saturated rings. The SMILES string of the molecule is COc1ccc(OCC(C)CCl)cc1. The summed E-state index contributed by atoms with van der Waals surface area (Å²) in [5.41, 5.74) is 0. The van der Waals surface area contributed by atoms with E-state index in [1.165, 1.54) is 0 Å². The zero-order valence-electron chi connectivity index (χ0n) is 8.50. The van der Waals surface area contributed by atoms with Gasteiger partial charge in [0.15, 0.2) is 0 Å². The predicted molar refractivity (Wildman–Crippen MR) is 58.4 cm³/mol. The van der Waals surface area contributed by atoms with Crippen LogP contribution in [0, 0.1) is 5.92 Å². The Labute approximate surface area is 89.8 Å². The first-order valence-corrected chi connectivity index (χ1v) is 5.12. The van der Waals surface area contributed by atoms with E-state index in [1.807, 2.05) is 24.3 Å². The van der Waals surface area contributed by atoms with E-state index in [4.69, 9.17) is 21.1 Å². The molecule has 0 spiro atoms. The van der Waals surface area contributed by atoms with Crippen LogP contribution in [-0.2, 0) is 0 Å². The van der Waals surface area contributed by atoms with Crippen molar-refractivity contribution in [2.45, 2.75) is 6.92 Å². The summed E-state index contributed by atoms with van der Waals surface area (Å²) in [6, 6.07) is 7.53. The highest BCUT2D eigenvalue weighted by Gasteiger charge is 2.01. The first kappa shape index (κ1) is 11.2. The molecular formula is C11H15ClO2. The number of halogens is 1. The molecule has 3 heteroatoms. The molecule has 14 heavy (non-hydrogen) atoms. The fraction of sp³-hybridized carbons (Fsp3) is 0.455. The number of methoxy groups -OCH3 is 1. The second-order valence-electron chi connectivity index (χ2n) is 3.25. The van der Waals surface area contributed by atoms with E-state index in [0.29, 0.717) is 18.4 Å². The van der Waals surface area contributed by atoms with Gasteiger partial charge < -0.3 is 9.47 Å². The van der Waals surface area contributed by atoms with Crippen molar-refractivity contribution in [2.75, 3.05) is 19.6 Å². The number of hydrogen-bond acceptors (Lipinski definition) is 2. The summed E-state index contributed by atoms with van der Waals surface area (Å²) in [6.07, 6.45) is 0. The minimum Gasteiger partial charge on any atom is -0.497 e. The quantitative estimate of drug-likeness (QED) is 0.702. The second-order valence-corrected chi connectivity index (χ2v) is 3.55. The molecule has 0 N–H and O–H groups in total. The highest BCUT2D eigenvalue weighted by molar-refractivity contribution is 6.18. The lowest BCUT2D eigenvalue weighted by molar-refractivity contribution is 0.272. The van der Waals surface area contributed by atoms with E-state index in [2.05, 4.69) is 6.92 Å². The highest BCUT2D eigenvalue weighted by atomic mass is 35.5. The van der Waals surface area contributed by atoms with Crippen LogP contribution in [0.15, 0.2) is 24.3 Å². The van der Waals surface area contributed by atoms with Gasteiger partial charge in [-0.25, -0.2) is 0 Å². The van der Waals surface area contributed by atoms with E-state index in [0.717, 1.165) is 11.5 Å². The molecule has 78 valence electrons. The van der Waals surface area contributed by atoms with E-state index in [1.54, 1.807) is 7.11 Å². The van der Waals surface area contributed by atoms with Gasteiger partial charge in [0.1, 0.15) is 11.5 Å². The normalized spacial score (nSPS) is 12.2. The van der Waals surface area contributed by atoms with Crippen LogP contribution in [0.25, 0.3) is 0 Å². The van der Waals surface area contributed by atoms with E-state index >= 15 is 0 Å². The summed E-state index contributed by atoms with van der Waals surface area (Å²) in [5.74, 6) is 2.68. The molecule has 0 saturated carbocycles. The number of benzene rings is 1. The molecule has 0 aromatic heterocycles. The van der Waals surface area contributed by atoms with Gasteiger partial charge in [-0.3, -0.25) is 0 Å². The molecule has 0 aliphatic carbocycles. The van der Waals surface area contributed by atoms with Crippen LogP contribution in [0.4, 0.5) is 0 Å². The van der Waals surface area contributed by atoms with Crippen LogP contribution in [0.5, 0.6) is 11.5 Å². The highest BCUT2D eigenvalue weighted by Crippen LogP contribution is 2.17. The fourth-order valence-corrected chi connectivity index (χ4v) is 1.04. The molecule has 1 rings (SSSR count). The fourth-order valence-electron chi connectivity index (χ4n) is 0.955. The molecule has 0 saturated heterocycles. The topological polar surface area (TPSA) is 18.5 Å². The average Bonchev–Trinajstić information content (AvgIpc) is 2.26. The minimum atomic E-state index is 0.374. The Hall–Kier alpha value is -0.890. The Kier molecular flexibility index (Phi) is 4.60. The van der Waals surface area contributed by atoms with Gasteiger partial charge in [0.2, 0.25) is 0 Å². The third kappa shape index (κ3) is 3.46. The molecular weight excluding hydrogens is 200 g/mol. The molecule has 1 atom stereocenters. The van der Waals surface area contributed by atoms with Crippen LogP contribution >= 0.6 is 11.6 Å². The summed E-state index contributed by atoms with van der Waals surface area (Å²) in [7, 11) is 1.64. The molecule has 0 bridgehead atoms. The summed E-state index contributed by atoms with van der Waals surface area (Å²) in [5, 5.41) is 0. The molecule has 0 amide bonds. The third-order valence-corrected chi connectivity index (χ3v) is 2.38. The molecule has 1 aromatic rings. The summed E-state index contributed by atoms with van der Waals surface area (Å²) >= 11 is 5.67. The number of ether oxygens (including phenoxy) is 2. The summed E-state index contributed by atoms with van der Waals surface area (Å²) in [6.45, 7) is 2.70. The molecule has 2 nitrogen and oxygen atoms in total. The van der Waals surface area contributed by atoms with Crippen molar-refractivity contribution >= 4 is 11.6 Å². The number of hydrogen-bond donors (Lipinski definition) is 0. The van der Waals surface area contributed by atoms with Gasteiger partial charge in [-0.05, 0) is 24.3 Å². The van der Waals surface area contributed by atoms with Gasteiger partial charge in [0.05, 0.1) is 13.7 Å². The van der Waals surface area contributed by atoms with E-state index in [-0.39, 0.29) is 0 Å². The lowest BCUT2D eigenvalue weighted by Crippen LogP contribution is -2.09. The van der Waals surface area contributed by atoms with Crippen molar-refractivity contribution < 1.29 is 9.47 Å². The van der Waals surface area contributed by atoms with Crippen molar-refractivity contribution in [3.63, 3.8) is 0 Å². The van der Waals surface area contributed by atoms with E-state index < -0.39 is 0 Å². The lowest BCUT2D eigenvalue weighted by Gasteiger charge is -2.10. The summed E-state index contributed by atoms with van der Waals surface area (Å²) in [4.78, 5) is 0. The van der Waals surface area contributed by atoms with Crippen molar-refractivity contribution in [2.24, 2.45) is 5.92 Å². The van der Waals surface area contributed by atoms with Crippen molar-refractivity contribution in [3.8, 4) is 11.5 Å². The summed E-state index contributed by atoms with van der Waals surface area (Å²) < 4.78 is 10.6. The van der Waals surface area contributed by atoms with Gasteiger partial charge in [0.25, 0.3) is 0 Å². The van der Waals surface area contributed by atoms with Crippen LogP contribution in [-0.4, -0.2) is 19.6 Å². The lowest BCUT2D eigenvalue weighted by atomic mass is 10.2. The van der Waals surface area contributed by atoms with Crippen LogP contribution in [0.2, 0.25) is 0 Å². The van der Waals surface area contributed by atoms with Gasteiger partial charge in [-0.2, -0.15) is 0 Å². The Morgan fingerprint density at radius 3 is 2.29 bits per heavy atom. The predicted octanol–water partition coefficient (Wildman–Crippen LogP) is 2.95. The Balaban J connectivity index is 2.43.